The van der Waals surface area contributed by atoms with E-state index in [0.29, 0.717) is 5.56 Å². The summed E-state index contributed by atoms with van der Waals surface area (Å²) in [6.07, 6.45) is 1.13. The second-order valence-electron chi connectivity index (χ2n) is 2.57. The SMILES string of the molecule is C=CC(=O)c1ccc(S(=O)(=O)O)cc1. The molecule has 1 aromatic rings. The minimum atomic E-state index is -4.19. The standard InChI is InChI=1S/C9H8O4S/c1-2-9(10)7-3-5-8(6-4-7)14(11,12)13/h2-6H,1H2,(H,11,12,13). The average Bonchev–Trinajstić information content (AvgIpc) is 2.15. The molecule has 14 heavy (non-hydrogen) atoms. The molecular formula is C9H8O4S. The van der Waals surface area contributed by atoms with Crippen molar-refractivity contribution in [1.29, 1.82) is 0 Å². The fourth-order valence-electron chi connectivity index (χ4n) is 0.909. The van der Waals surface area contributed by atoms with E-state index < -0.39 is 10.1 Å². The molecule has 0 aliphatic heterocycles. The molecule has 0 spiro atoms. The lowest BCUT2D eigenvalue weighted by atomic mass is 10.1. The van der Waals surface area contributed by atoms with Gasteiger partial charge in [-0.25, -0.2) is 0 Å². The van der Waals surface area contributed by atoms with Crippen molar-refractivity contribution in [2.24, 2.45) is 0 Å². The van der Waals surface area contributed by atoms with E-state index in [1.807, 2.05) is 0 Å². The van der Waals surface area contributed by atoms with Gasteiger partial charge in [-0.05, 0) is 30.3 Å². The molecule has 0 atom stereocenters. The topological polar surface area (TPSA) is 71.4 Å². The molecule has 1 rings (SSSR count). The van der Waals surface area contributed by atoms with E-state index in [1.165, 1.54) is 12.1 Å². The van der Waals surface area contributed by atoms with Crippen LogP contribution in [-0.4, -0.2) is 18.8 Å². The first kappa shape index (κ1) is 10.6. The molecule has 0 aliphatic carbocycles. The van der Waals surface area contributed by atoms with Crippen LogP contribution >= 0.6 is 0 Å². The van der Waals surface area contributed by atoms with Crippen molar-refractivity contribution in [3.8, 4) is 0 Å². The highest BCUT2D eigenvalue weighted by atomic mass is 32.2. The molecule has 4 nitrogen and oxygen atoms in total. The highest BCUT2D eigenvalue weighted by Gasteiger charge is 2.09. The molecule has 0 saturated heterocycles. The second kappa shape index (κ2) is 3.73. The van der Waals surface area contributed by atoms with Gasteiger partial charge in [0, 0.05) is 5.56 Å². The number of carbonyl (C=O) groups excluding carboxylic acids is 1. The monoisotopic (exact) mass is 212 g/mol. The Morgan fingerprint density at radius 1 is 1.29 bits per heavy atom. The van der Waals surface area contributed by atoms with Crippen LogP contribution in [0.5, 0.6) is 0 Å². The zero-order valence-corrected chi connectivity index (χ0v) is 7.99. The maximum Gasteiger partial charge on any atom is 0.294 e. The van der Waals surface area contributed by atoms with Crippen LogP contribution in [0.15, 0.2) is 41.8 Å². The first-order valence-electron chi connectivity index (χ1n) is 3.69. The predicted octanol–water partition coefficient (Wildman–Crippen LogP) is 1.30. The largest absolute Gasteiger partial charge is 0.294 e. The summed E-state index contributed by atoms with van der Waals surface area (Å²) in [7, 11) is -4.19. The van der Waals surface area contributed by atoms with Crippen LogP contribution in [0.3, 0.4) is 0 Å². The second-order valence-corrected chi connectivity index (χ2v) is 3.99. The summed E-state index contributed by atoms with van der Waals surface area (Å²) in [6.45, 7) is 3.29. The van der Waals surface area contributed by atoms with Gasteiger partial charge in [-0.2, -0.15) is 8.42 Å². The molecule has 0 saturated carbocycles. The zero-order chi connectivity index (χ0) is 10.8. The smallest absolute Gasteiger partial charge is 0.289 e. The number of benzene rings is 1. The fourth-order valence-corrected chi connectivity index (χ4v) is 1.39. The number of hydrogen-bond acceptors (Lipinski definition) is 3. The van der Waals surface area contributed by atoms with Crippen molar-refractivity contribution < 1.29 is 17.8 Å². The van der Waals surface area contributed by atoms with Crippen molar-refractivity contribution in [2.45, 2.75) is 4.90 Å². The zero-order valence-electron chi connectivity index (χ0n) is 7.17. The molecule has 1 aromatic carbocycles. The van der Waals surface area contributed by atoms with Gasteiger partial charge in [0.05, 0.1) is 4.90 Å². The van der Waals surface area contributed by atoms with Crippen molar-refractivity contribution in [2.75, 3.05) is 0 Å². The van der Waals surface area contributed by atoms with Crippen LogP contribution in [0.2, 0.25) is 0 Å². The highest BCUT2D eigenvalue weighted by molar-refractivity contribution is 7.85. The molecule has 0 bridgehead atoms. The van der Waals surface area contributed by atoms with E-state index in [0.717, 1.165) is 18.2 Å². The summed E-state index contributed by atoms with van der Waals surface area (Å²) in [5, 5.41) is 0. The van der Waals surface area contributed by atoms with Crippen LogP contribution in [0.25, 0.3) is 0 Å². The number of rotatable bonds is 3. The number of ketones is 1. The minimum absolute atomic E-state index is 0.238. The van der Waals surface area contributed by atoms with Gasteiger partial charge in [0.2, 0.25) is 0 Å². The summed E-state index contributed by atoms with van der Waals surface area (Å²) in [4.78, 5) is 10.8. The van der Waals surface area contributed by atoms with Crippen molar-refractivity contribution in [3.63, 3.8) is 0 Å². The number of carbonyl (C=O) groups is 1. The van der Waals surface area contributed by atoms with Gasteiger partial charge in [0.1, 0.15) is 0 Å². The Morgan fingerprint density at radius 3 is 2.14 bits per heavy atom. The molecule has 0 aromatic heterocycles. The molecule has 0 radical (unpaired) electrons. The normalized spacial score (nSPS) is 10.9. The Kier molecular flexibility index (Phi) is 2.83. The summed E-state index contributed by atoms with van der Waals surface area (Å²) >= 11 is 0. The Balaban J connectivity index is 3.13. The maximum atomic E-state index is 11.0. The van der Waals surface area contributed by atoms with Gasteiger partial charge >= 0.3 is 0 Å². The molecule has 0 aliphatic rings. The summed E-state index contributed by atoms with van der Waals surface area (Å²) in [5.41, 5.74) is 0.326. The van der Waals surface area contributed by atoms with Crippen LogP contribution in [0, 0.1) is 0 Å². The predicted molar refractivity (Wildman–Crippen MR) is 50.8 cm³/mol. The third-order valence-corrected chi connectivity index (χ3v) is 2.49. The van der Waals surface area contributed by atoms with Crippen molar-refractivity contribution in [1.82, 2.24) is 0 Å². The third-order valence-electron chi connectivity index (χ3n) is 1.62. The Morgan fingerprint density at radius 2 is 1.79 bits per heavy atom. The van der Waals surface area contributed by atoms with Gasteiger partial charge in [-0.3, -0.25) is 9.35 Å². The number of allylic oxidation sites excluding steroid dienone is 1. The summed E-state index contributed by atoms with van der Waals surface area (Å²) in [6, 6.07) is 4.94. The first-order chi connectivity index (χ1) is 6.45. The molecule has 5 heteroatoms. The Labute approximate surface area is 81.6 Å². The minimum Gasteiger partial charge on any atom is -0.289 e. The van der Waals surface area contributed by atoms with E-state index in [1.54, 1.807) is 0 Å². The van der Waals surface area contributed by atoms with Crippen LogP contribution < -0.4 is 0 Å². The molecule has 1 N–H and O–H groups in total. The van der Waals surface area contributed by atoms with Gasteiger partial charge in [-0.1, -0.05) is 6.58 Å². The maximum absolute atomic E-state index is 11.0. The van der Waals surface area contributed by atoms with Gasteiger partial charge in [0.25, 0.3) is 10.1 Å². The van der Waals surface area contributed by atoms with Gasteiger partial charge in [0.15, 0.2) is 5.78 Å². The summed E-state index contributed by atoms with van der Waals surface area (Å²) in [5.74, 6) is -0.299. The van der Waals surface area contributed by atoms with E-state index in [9.17, 15) is 13.2 Å². The van der Waals surface area contributed by atoms with Crippen LogP contribution in [0.4, 0.5) is 0 Å². The van der Waals surface area contributed by atoms with Crippen LogP contribution in [0.1, 0.15) is 10.4 Å². The molecule has 0 unspecified atom stereocenters. The van der Waals surface area contributed by atoms with E-state index in [4.69, 9.17) is 4.55 Å². The first-order valence-corrected chi connectivity index (χ1v) is 5.13. The Hall–Kier alpha value is -1.46. The number of hydrogen-bond donors (Lipinski definition) is 1. The van der Waals surface area contributed by atoms with Crippen molar-refractivity contribution >= 4 is 15.9 Å². The van der Waals surface area contributed by atoms with Crippen LogP contribution in [-0.2, 0) is 10.1 Å². The summed E-state index contributed by atoms with van der Waals surface area (Å²) < 4.78 is 29.9. The van der Waals surface area contributed by atoms with Gasteiger partial charge in [-0.15, -0.1) is 0 Å². The van der Waals surface area contributed by atoms with Crippen molar-refractivity contribution in [3.05, 3.63) is 42.5 Å². The highest BCUT2D eigenvalue weighted by Crippen LogP contribution is 2.10. The molecule has 0 fully saturated rings. The average molecular weight is 212 g/mol. The lowest BCUT2D eigenvalue weighted by Gasteiger charge is -1.98. The Bertz CT molecular complexity index is 456. The molecule has 74 valence electrons. The molecule has 0 heterocycles. The quantitative estimate of drug-likeness (QED) is 0.465. The van der Waals surface area contributed by atoms with E-state index in [2.05, 4.69) is 6.58 Å². The molecule has 0 amide bonds. The fraction of sp³-hybridized carbons (Fsp3) is 0. The lowest BCUT2D eigenvalue weighted by molar-refractivity contribution is 0.104. The lowest BCUT2D eigenvalue weighted by Crippen LogP contribution is -1.99. The van der Waals surface area contributed by atoms with E-state index >= 15 is 0 Å². The van der Waals surface area contributed by atoms with Gasteiger partial charge < -0.3 is 0 Å². The van der Waals surface area contributed by atoms with E-state index in [-0.39, 0.29) is 10.7 Å². The third kappa shape index (κ3) is 2.27. The molecular weight excluding hydrogens is 204 g/mol.